The molecular weight excluding hydrogens is 292 g/mol. The summed E-state index contributed by atoms with van der Waals surface area (Å²) < 4.78 is 10.7. The van der Waals surface area contributed by atoms with Crippen LogP contribution in [0.1, 0.15) is 25.5 Å². The van der Waals surface area contributed by atoms with E-state index in [0.29, 0.717) is 23.9 Å². The number of methoxy groups -OCH3 is 1. The molecule has 2 N–H and O–H groups in total. The van der Waals surface area contributed by atoms with E-state index in [1.807, 2.05) is 20.0 Å². The molecule has 0 heterocycles. The van der Waals surface area contributed by atoms with Crippen LogP contribution in [0.2, 0.25) is 5.02 Å². The molecule has 0 spiro atoms. The first-order chi connectivity index (χ1) is 9.99. The summed E-state index contributed by atoms with van der Waals surface area (Å²) in [7, 11) is 3.45. The third-order valence-corrected chi connectivity index (χ3v) is 3.38. The molecule has 0 aliphatic heterocycles. The van der Waals surface area contributed by atoms with Gasteiger partial charge >= 0.3 is 0 Å². The minimum absolute atomic E-state index is 0.0717. The zero-order valence-electron chi connectivity index (χ0n) is 12.9. The van der Waals surface area contributed by atoms with Crippen LogP contribution in [0.4, 0.5) is 0 Å². The zero-order chi connectivity index (χ0) is 15.8. The van der Waals surface area contributed by atoms with Crippen LogP contribution >= 0.6 is 11.6 Å². The van der Waals surface area contributed by atoms with Crippen molar-refractivity contribution in [1.82, 2.24) is 10.6 Å². The number of hydrogen-bond acceptors (Lipinski definition) is 4. The van der Waals surface area contributed by atoms with E-state index in [4.69, 9.17) is 21.1 Å². The van der Waals surface area contributed by atoms with Crippen molar-refractivity contribution in [3.8, 4) is 5.75 Å². The molecule has 2 unspecified atom stereocenters. The molecule has 0 aliphatic carbocycles. The Morgan fingerprint density at radius 2 is 2.10 bits per heavy atom. The van der Waals surface area contributed by atoms with Crippen molar-refractivity contribution < 1.29 is 14.3 Å². The summed E-state index contributed by atoms with van der Waals surface area (Å²) in [5.41, 5.74) is 0.918. The van der Waals surface area contributed by atoms with E-state index in [2.05, 4.69) is 10.6 Å². The van der Waals surface area contributed by atoms with E-state index in [0.717, 1.165) is 5.56 Å². The van der Waals surface area contributed by atoms with Crippen molar-refractivity contribution in [2.24, 2.45) is 0 Å². The van der Waals surface area contributed by atoms with Gasteiger partial charge in [-0.05, 0) is 39.1 Å². The van der Waals surface area contributed by atoms with Gasteiger partial charge in [0.25, 0.3) is 5.91 Å². The molecule has 118 valence electrons. The summed E-state index contributed by atoms with van der Waals surface area (Å²) in [6.07, 6.45) is -0.592. The van der Waals surface area contributed by atoms with Crippen molar-refractivity contribution in [1.29, 1.82) is 0 Å². The molecule has 0 aliphatic rings. The highest BCUT2D eigenvalue weighted by atomic mass is 35.5. The minimum Gasteiger partial charge on any atom is -0.481 e. The van der Waals surface area contributed by atoms with E-state index in [-0.39, 0.29) is 11.9 Å². The molecule has 1 aromatic carbocycles. The first-order valence-electron chi connectivity index (χ1n) is 6.89. The van der Waals surface area contributed by atoms with Gasteiger partial charge in [0, 0.05) is 30.3 Å². The minimum atomic E-state index is -0.592. The van der Waals surface area contributed by atoms with Gasteiger partial charge in [0.2, 0.25) is 0 Å². The number of carbonyl (C=O) groups excluding carboxylic acids is 1. The van der Waals surface area contributed by atoms with Crippen molar-refractivity contribution in [3.05, 3.63) is 28.8 Å². The Bertz CT molecular complexity index is 468. The summed E-state index contributed by atoms with van der Waals surface area (Å²) in [4.78, 5) is 11.9. The van der Waals surface area contributed by atoms with E-state index >= 15 is 0 Å². The first kappa shape index (κ1) is 17.8. The lowest BCUT2D eigenvalue weighted by Crippen LogP contribution is -2.38. The Balaban J connectivity index is 2.75. The average molecular weight is 315 g/mol. The van der Waals surface area contributed by atoms with Gasteiger partial charge in [-0.25, -0.2) is 0 Å². The second-order valence-corrected chi connectivity index (χ2v) is 5.17. The van der Waals surface area contributed by atoms with Gasteiger partial charge in [0.05, 0.1) is 6.61 Å². The fourth-order valence-electron chi connectivity index (χ4n) is 1.78. The second kappa shape index (κ2) is 8.87. The number of ether oxygens (including phenoxy) is 2. The summed E-state index contributed by atoms with van der Waals surface area (Å²) in [6.45, 7) is 4.65. The van der Waals surface area contributed by atoms with Crippen LogP contribution in [0.15, 0.2) is 18.2 Å². The van der Waals surface area contributed by atoms with Crippen molar-refractivity contribution in [3.63, 3.8) is 0 Å². The van der Waals surface area contributed by atoms with Gasteiger partial charge in [0.1, 0.15) is 5.75 Å². The summed E-state index contributed by atoms with van der Waals surface area (Å²) >= 11 is 6.02. The standard InChI is InChI=1S/C15H23ClN2O3/c1-10(17-3)13-9-12(16)5-6-14(13)21-11(2)15(19)18-7-8-20-4/h5-6,9-11,17H,7-8H2,1-4H3,(H,18,19). The Hall–Kier alpha value is -1.30. The van der Waals surface area contributed by atoms with Crippen molar-refractivity contribution in [2.45, 2.75) is 26.0 Å². The Kier molecular flexibility index (Phi) is 7.50. The quantitative estimate of drug-likeness (QED) is 0.722. The largest absolute Gasteiger partial charge is 0.481 e. The number of rotatable bonds is 8. The van der Waals surface area contributed by atoms with Crippen LogP contribution in [0.3, 0.4) is 0 Å². The Morgan fingerprint density at radius 1 is 1.38 bits per heavy atom. The molecule has 1 amide bonds. The van der Waals surface area contributed by atoms with Gasteiger partial charge in [-0.15, -0.1) is 0 Å². The Labute approximate surface area is 131 Å². The maximum absolute atomic E-state index is 11.9. The van der Waals surface area contributed by atoms with E-state index < -0.39 is 6.10 Å². The predicted octanol–water partition coefficient (Wildman–Crippen LogP) is 2.15. The maximum Gasteiger partial charge on any atom is 0.260 e. The van der Waals surface area contributed by atoms with Crippen LogP contribution in [0.25, 0.3) is 0 Å². The van der Waals surface area contributed by atoms with E-state index in [9.17, 15) is 4.79 Å². The van der Waals surface area contributed by atoms with E-state index in [1.54, 1.807) is 26.2 Å². The number of nitrogens with one attached hydrogen (secondary N) is 2. The number of halogens is 1. The maximum atomic E-state index is 11.9. The van der Waals surface area contributed by atoms with Gasteiger partial charge in [-0.2, -0.15) is 0 Å². The van der Waals surface area contributed by atoms with E-state index in [1.165, 1.54) is 0 Å². The molecule has 2 atom stereocenters. The van der Waals surface area contributed by atoms with Crippen LogP contribution in [0, 0.1) is 0 Å². The molecular formula is C15H23ClN2O3. The molecule has 0 bridgehead atoms. The fraction of sp³-hybridized carbons (Fsp3) is 0.533. The first-order valence-corrected chi connectivity index (χ1v) is 7.27. The summed E-state index contributed by atoms with van der Waals surface area (Å²) in [6, 6.07) is 5.44. The average Bonchev–Trinajstić information content (AvgIpc) is 2.48. The monoisotopic (exact) mass is 314 g/mol. The van der Waals surface area contributed by atoms with Crippen molar-refractivity contribution in [2.75, 3.05) is 27.3 Å². The molecule has 0 fully saturated rings. The van der Waals surface area contributed by atoms with Gasteiger partial charge in [-0.3, -0.25) is 4.79 Å². The number of carbonyl (C=O) groups is 1. The smallest absolute Gasteiger partial charge is 0.260 e. The summed E-state index contributed by atoms with van der Waals surface area (Å²) in [5, 5.41) is 6.52. The lowest BCUT2D eigenvalue weighted by molar-refractivity contribution is -0.127. The molecule has 0 radical (unpaired) electrons. The molecule has 1 rings (SSSR count). The van der Waals surface area contributed by atoms with Gasteiger partial charge in [0.15, 0.2) is 6.10 Å². The lowest BCUT2D eigenvalue weighted by atomic mass is 10.1. The van der Waals surface area contributed by atoms with Gasteiger partial charge < -0.3 is 20.1 Å². The molecule has 5 nitrogen and oxygen atoms in total. The third kappa shape index (κ3) is 5.53. The number of hydrogen-bond donors (Lipinski definition) is 2. The molecule has 1 aromatic rings. The SMILES string of the molecule is CNC(C)c1cc(Cl)ccc1OC(C)C(=O)NCCOC. The lowest BCUT2D eigenvalue weighted by Gasteiger charge is -2.20. The highest BCUT2D eigenvalue weighted by Gasteiger charge is 2.18. The molecule has 21 heavy (non-hydrogen) atoms. The second-order valence-electron chi connectivity index (χ2n) is 4.74. The number of benzene rings is 1. The molecule has 6 heteroatoms. The normalized spacial score (nSPS) is 13.6. The zero-order valence-corrected chi connectivity index (χ0v) is 13.7. The highest BCUT2D eigenvalue weighted by molar-refractivity contribution is 6.30. The van der Waals surface area contributed by atoms with Gasteiger partial charge in [-0.1, -0.05) is 11.6 Å². The number of amides is 1. The van der Waals surface area contributed by atoms with Crippen LogP contribution in [0.5, 0.6) is 5.75 Å². The third-order valence-electron chi connectivity index (χ3n) is 3.15. The van der Waals surface area contributed by atoms with Crippen molar-refractivity contribution >= 4 is 17.5 Å². The van der Waals surface area contributed by atoms with Crippen LogP contribution in [-0.4, -0.2) is 39.3 Å². The highest BCUT2D eigenvalue weighted by Crippen LogP contribution is 2.29. The fourth-order valence-corrected chi connectivity index (χ4v) is 1.97. The molecule has 0 saturated carbocycles. The molecule has 0 saturated heterocycles. The van der Waals surface area contributed by atoms with Crippen LogP contribution in [-0.2, 0) is 9.53 Å². The Morgan fingerprint density at radius 3 is 2.71 bits per heavy atom. The predicted molar refractivity (Wildman–Crippen MR) is 83.9 cm³/mol. The molecule has 0 aromatic heterocycles. The van der Waals surface area contributed by atoms with Crippen LogP contribution < -0.4 is 15.4 Å². The topological polar surface area (TPSA) is 59.6 Å². The summed E-state index contributed by atoms with van der Waals surface area (Å²) in [5.74, 6) is 0.473.